The zero-order valence-electron chi connectivity index (χ0n) is 18.3. The van der Waals surface area contributed by atoms with Crippen LogP contribution in [0.3, 0.4) is 0 Å². The molecule has 0 aromatic heterocycles. The second kappa shape index (κ2) is 8.88. The Kier molecular flexibility index (Phi) is 6.03. The zero-order valence-corrected chi connectivity index (χ0v) is 18.3. The summed E-state index contributed by atoms with van der Waals surface area (Å²) in [5, 5.41) is 3.05. The molecular weight excluding hydrogens is 388 g/mol. The maximum absolute atomic E-state index is 13.5. The van der Waals surface area contributed by atoms with Crippen molar-refractivity contribution in [3.8, 4) is 5.75 Å². The van der Waals surface area contributed by atoms with Gasteiger partial charge in [-0.3, -0.25) is 14.6 Å². The molecule has 1 aliphatic heterocycles. The van der Waals surface area contributed by atoms with Gasteiger partial charge in [-0.05, 0) is 62.9 Å². The largest absolute Gasteiger partial charge is 0.494 e. The number of Topliss-reactive ketones (excluding diaryl/α,β-unsaturated/α-hetero) is 1. The van der Waals surface area contributed by atoms with Crippen molar-refractivity contribution in [3.05, 3.63) is 70.9 Å². The van der Waals surface area contributed by atoms with E-state index in [1.54, 1.807) is 0 Å². The topological polar surface area (TPSA) is 67.8 Å². The van der Waals surface area contributed by atoms with E-state index in [0.29, 0.717) is 24.3 Å². The lowest BCUT2D eigenvalue weighted by atomic mass is 9.69. The van der Waals surface area contributed by atoms with E-state index in [9.17, 15) is 9.59 Å². The van der Waals surface area contributed by atoms with Gasteiger partial charge in [0.15, 0.2) is 0 Å². The Morgan fingerprint density at radius 3 is 2.52 bits per heavy atom. The predicted octanol–water partition coefficient (Wildman–Crippen LogP) is 5.21. The number of benzene rings is 2. The standard InChI is InChI=1S/C26H28N2O3/c1-4-31-19-14-12-18(13-15-19)24-23(26(30)28-20-9-6-5-8-16(20)2)17(3)27-21-10-7-11-22(29)25(21)24/h5-6,8-9,12-15,24-25H,4,7,10-11H2,1-3H3,(H,28,30)/t24-,25?/m1/s1. The fourth-order valence-electron chi connectivity index (χ4n) is 4.62. The number of allylic oxidation sites excluding steroid dienone is 1. The number of amides is 1. The maximum Gasteiger partial charge on any atom is 0.254 e. The van der Waals surface area contributed by atoms with Gasteiger partial charge < -0.3 is 10.1 Å². The van der Waals surface area contributed by atoms with Gasteiger partial charge in [0, 0.05) is 35.0 Å². The minimum absolute atomic E-state index is 0.164. The third-order valence-corrected chi connectivity index (χ3v) is 6.10. The number of nitrogens with zero attached hydrogens (tertiary/aromatic N) is 1. The Bertz CT molecular complexity index is 1070. The number of hydrogen-bond acceptors (Lipinski definition) is 4. The van der Waals surface area contributed by atoms with E-state index in [4.69, 9.17) is 9.73 Å². The van der Waals surface area contributed by atoms with Crippen LogP contribution in [0.25, 0.3) is 0 Å². The van der Waals surface area contributed by atoms with E-state index in [-0.39, 0.29) is 23.5 Å². The summed E-state index contributed by atoms with van der Waals surface area (Å²) in [7, 11) is 0. The highest BCUT2D eigenvalue weighted by Gasteiger charge is 2.43. The molecule has 0 bridgehead atoms. The van der Waals surface area contributed by atoms with E-state index in [1.807, 2.05) is 69.3 Å². The van der Waals surface area contributed by atoms with Crippen molar-refractivity contribution in [2.45, 2.75) is 46.0 Å². The molecule has 1 fully saturated rings. The van der Waals surface area contributed by atoms with Crippen molar-refractivity contribution >= 4 is 23.1 Å². The van der Waals surface area contributed by atoms with Gasteiger partial charge >= 0.3 is 0 Å². The van der Waals surface area contributed by atoms with E-state index in [1.165, 1.54) is 0 Å². The molecule has 0 radical (unpaired) electrons. The van der Waals surface area contributed by atoms with Crippen LogP contribution in [-0.2, 0) is 9.59 Å². The van der Waals surface area contributed by atoms with Gasteiger partial charge in [-0.2, -0.15) is 0 Å². The van der Waals surface area contributed by atoms with Crippen LogP contribution in [0.2, 0.25) is 0 Å². The summed E-state index contributed by atoms with van der Waals surface area (Å²) in [4.78, 5) is 31.2. The molecule has 1 unspecified atom stereocenters. The molecule has 2 aromatic carbocycles. The van der Waals surface area contributed by atoms with Crippen LogP contribution >= 0.6 is 0 Å². The van der Waals surface area contributed by atoms with E-state index in [0.717, 1.165) is 41.1 Å². The Morgan fingerprint density at radius 2 is 1.81 bits per heavy atom. The molecule has 1 saturated carbocycles. The van der Waals surface area contributed by atoms with E-state index >= 15 is 0 Å². The molecule has 2 atom stereocenters. The number of fused-ring (bicyclic) bond motifs is 1. The number of anilines is 1. The Morgan fingerprint density at radius 1 is 1.06 bits per heavy atom. The number of carbonyl (C=O) groups excluding carboxylic acids is 2. The highest BCUT2D eigenvalue weighted by atomic mass is 16.5. The third kappa shape index (κ3) is 4.18. The van der Waals surface area contributed by atoms with Gasteiger partial charge in [-0.15, -0.1) is 0 Å². The van der Waals surface area contributed by atoms with Crippen molar-refractivity contribution in [2.75, 3.05) is 11.9 Å². The predicted molar refractivity (Wildman–Crippen MR) is 123 cm³/mol. The number of rotatable bonds is 5. The van der Waals surface area contributed by atoms with Crippen molar-refractivity contribution < 1.29 is 14.3 Å². The van der Waals surface area contributed by atoms with Crippen molar-refractivity contribution in [1.82, 2.24) is 0 Å². The van der Waals surface area contributed by atoms with Gasteiger partial charge in [-0.1, -0.05) is 30.3 Å². The second-order valence-electron chi connectivity index (χ2n) is 8.15. The minimum atomic E-state index is -0.381. The second-order valence-corrected chi connectivity index (χ2v) is 8.15. The Labute approximate surface area is 183 Å². The third-order valence-electron chi connectivity index (χ3n) is 6.10. The summed E-state index contributed by atoms with van der Waals surface area (Å²) in [5.41, 5.74) is 4.84. The SMILES string of the molecule is CCOc1ccc([C@@H]2C(C(=O)Nc3ccccc3C)=C(C)N=C3CCCC(=O)C32)cc1. The summed E-state index contributed by atoms with van der Waals surface area (Å²) in [6.07, 6.45) is 2.15. The molecule has 1 N–H and O–H groups in total. The quantitative estimate of drug-likeness (QED) is 0.727. The molecular formula is C26H28N2O3. The molecule has 2 aromatic rings. The highest BCUT2D eigenvalue weighted by molar-refractivity contribution is 6.14. The molecule has 160 valence electrons. The molecule has 1 amide bonds. The first kappa shape index (κ1) is 21.0. The van der Waals surface area contributed by atoms with Crippen molar-refractivity contribution in [3.63, 3.8) is 0 Å². The monoisotopic (exact) mass is 416 g/mol. The summed E-state index contributed by atoms with van der Waals surface area (Å²) in [5.74, 6) is 0.00924. The zero-order chi connectivity index (χ0) is 22.0. The van der Waals surface area contributed by atoms with Gasteiger partial charge in [-0.25, -0.2) is 0 Å². The van der Waals surface area contributed by atoms with Crippen LogP contribution in [0.5, 0.6) is 5.75 Å². The molecule has 0 spiro atoms. The Balaban J connectivity index is 1.77. The molecule has 1 heterocycles. The smallest absolute Gasteiger partial charge is 0.254 e. The first-order chi connectivity index (χ1) is 15.0. The molecule has 0 saturated heterocycles. The highest BCUT2D eigenvalue weighted by Crippen LogP contribution is 2.43. The number of para-hydroxylation sites is 1. The average molecular weight is 417 g/mol. The van der Waals surface area contributed by atoms with Crippen LogP contribution in [0, 0.1) is 12.8 Å². The minimum Gasteiger partial charge on any atom is -0.494 e. The van der Waals surface area contributed by atoms with Gasteiger partial charge in [0.25, 0.3) is 5.91 Å². The van der Waals surface area contributed by atoms with E-state index < -0.39 is 0 Å². The number of ether oxygens (including phenoxy) is 1. The normalized spacial score (nSPS) is 20.7. The molecule has 5 heteroatoms. The summed E-state index contributed by atoms with van der Waals surface area (Å²) in [6, 6.07) is 15.4. The van der Waals surface area contributed by atoms with Gasteiger partial charge in [0.05, 0.1) is 12.5 Å². The lowest BCUT2D eigenvalue weighted by Crippen LogP contribution is -2.39. The molecule has 4 rings (SSSR count). The maximum atomic E-state index is 13.5. The van der Waals surface area contributed by atoms with Crippen LogP contribution < -0.4 is 10.1 Å². The summed E-state index contributed by atoms with van der Waals surface area (Å²) in [6.45, 7) is 6.36. The Hall–Kier alpha value is -3.21. The lowest BCUT2D eigenvalue weighted by Gasteiger charge is -2.36. The van der Waals surface area contributed by atoms with Crippen molar-refractivity contribution in [1.29, 1.82) is 0 Å². The molecule has 5 nitrogen and oxygen atoms in total. The number of hydrogen-bond donors (Lipinski definition) is 1. The molecule has 2 aliphatic rings. The first-order valence-electron chi connectivity index (χ1n) is 10.9. The summed E-state index contributed by atoms with van der Waals surface area (Å²) >= 11 is 0. The number of nitrogens with one attached hydrogen (secondary N) is 1. The number of aliphatic imine (C=N–C) groups is 1. The first-order valence-corrected chi connectivity index (χ1v) is 10.9. The van der Waals surface area contributed by atoms with Gasteiger partial charge in [0.1, 0.15) is 11.5 Å². The molecule has 31 heavy (non-hydrogen) atoms. The fourth-order valence-corrected chi connectivity index (χ4v) is 4.62. The number of aryl methyl sites for hydroxylation is 1. The van der Waals surface area contributed by atoms with Gasteiger partial charge in [0.2, 0.25) is 0 Å². The summed E-state index contributed by atoms with van der Waals surface area (Å²) < 4.78 is 5.58. The average Bonchev–Trinajstić information content (AvgIpc) is 2.75. The van der Waals surface area contributed by atoms with Crippen molar-refractivity contribution in [2.24, 2.45) is 10.9 Å². The lowest BCUT2D eigenvalue weighted by molar-refractivity contribution is -0.122. The van der Waals surface area contributed by atoms with Crippen LogP contribution in [0.1, 0.15) is 50.2 Å². The number of ketones is 1. The molecule has 1 aliphatic carbocycles. The van der Waals surface area contributed by atoms with Crippen LogP contribution in [-0.4, -0.2) is 24.0 Å². The fraction of sp³-hybridized carbons (Fsp3) is 0.346. The van der Waals surface area contributed by atoms with E-state index in [2.05, 4.69) is 5.32 Å². The number of carbonyl (C=O) groups is 2. The van der Waals surface area contributed by atoms with Crippen LogP contribution in [0.4, 0.5) is 5.69 Å². The van der Waals surface area contributed by atoms with Crippen LogP contribution in [0.15, 0.2) is 64.8 Å².